The zero-order valence-corrected chi connectivity index (χ0v) is 7.64. The van der Waals surface area contributed by atoms with Gasteiger partial charge in [-0.2, -0.15) is 0 Å². The highest BCUT2D eigenvalue weighted by atomic mass is 16.5. The van der Waals surface area contributed by atoms with Crippen LogP contribution in [-0.2, 0) is 9.53 Å². The number of esters is 1. The van der Waals surface area contributed by atoms with Crippen molar-refractivity contribution in [3.63, 3.8) is 0 Å². The van der Waals surface area contributed by atoms with Gasteiger partial charge in [0.15, 0.2) is 0 Å². The molecular formula is C10H16O2. The lowest BCUT2D eigenvalue weighted by atomic mass is 9.88. The molecular weight excluding hydrogens is 152 g/mol. The molecule has 0 amide bonds. The van der Waals surface area contributed by atoms with Gasteiger partial charge in [-0.25, -0.2) is 0 Å². The molecule has 0 unspecified atom stereocenters. The number of fused-ring (bicyclic) bond motifs is 1. The van der Waals surface area contributed by atoms with Gasteiger partial charge < -0.3 is 4.74 Å². The Morgan fingerprint density at radius 2 is 2.42 bits per heavy atom. The lowest BCUT2D eigenvalue weighted by Gasteiger charge is -2.19. The van der Waals surface area contributed by atoms with Gasteiger partial charge in [-0.15, -0.1) is 0 Å². The van der Waals surface area contributed by atoms with Gasteiger partial charge in [0.25, 0.3) is 0 Å². The van der Waals surface area contributed by atoms with Gasteiger partial charge in [0.05, 0.1) is 12.0 Å². The van der Waals surface area contributed by atoms with Crippen LogP contribution < -0.4 is 0 Å². The van der Waals surface area contributed by atoms with Crippen molar-refractivity contribution >= 4 is 5.97 Å². The van der Waals surface area contributed by atoms with Gasteiger partial charge >= 0.3 is 5.97 Å². The average Bonchev–Trinajstić information content (AvgIpc) is 2.79. The Morgan fingerprint density at radius 3 is 3.08 bits per heavy atom. The summed E-state index contributed by atoms with van der Waals surface area (Å²) in [6.07, 6.45) is 5.96. The monoisotopic (exact) mass is 168 g/mol. The second-order valence-corrected chi connectivity index (χ2v) is 4.02. The molecule has 0 heterocycles. The summed E-state index contributed by atoms with van der Waals surface area (Å²) >= 11 is 0. The number of hydrogen-bond acceptors (Lipinski definition) is 2. The maximum atomic E-state index is 11.5. The maximum absolute atomic E-state index is 11.5. The van der Waals surface area contributed by atoms with E-state index < -0.39 is 0 Å². The molecule has 2 nitrogen and oxygen atoms in total. The first-order chi connectivity index (χ1) is 5.79. The number of ether oxygens (including phenoxy) is 1. The van der Waals surface area contributed by atoms with E-state index in [2.05, 4.69) is 0 Å². The Kier molecular flexibility index (Phi) is 1.85. The van der Waals surface area contributed by atoms with E-state index in [1.807, 2.05) is 6.92 Å². The van der Waals surface area contributed by atoms with Crippen molar-refractivity contribution in [3.8, 4) is 0 Å². The Hall–Kier alpha value is -0.530. The topological polar surface area (TPSA) is 26.3 Å². The first-order valence-electron chi connectivity index (χ1n) is 4.97. The highest BCUT2D eigenvalue weighted by Crippen LogP contribution is 2.61. The third-order valence-electron chi connectivity index (χ3n) is 3.34. The standard InChI is InChI=1S/C10H16O2/c1-2-12-9(11)10-6-4-3-5-8(10)7-10/h8H,2-7H2,1H3/t8-,10-/m1/s1. The predicted octanol–water partition coefficient (Wildman–Crippen LogP) is 2.13. The fraction of sp³-hybridized carbons (Fsp3) is 0.900. The molecule has 68 valence electrons. The van der Waals surface area contributed by atoms with Crippen LogP contribution in [0.3, 0.4) is 0 Å². The van der Waals surface area contributed by atoms with Crippen LogP contribution in [0.5, 0.6) is 0 Å². The number of carbonyl (C=O) groups is 1. The van der Waals surface area contributed by atoms with E-state index >= 15 is 0 Å². The SMILES string of the molecule is CCOC(=O)[C@@]12CCCC[C@@H]1C2. The highest BCUT2D eigenvalue weighted by molar-refractivity contribution is 5.80. The van der Waals surface area contributed by atoms with Crippen LogP contribution in [0, 0.1) is 11.3 Å². The van der Waals surface area contributed by atoms with Crippen molar-refractivity contribution in [2.24, 2.45) is 11.3 Å². The molecule has 0 aromatic carbocycles. The second kappa shape index (κ2) is 2.75. The van der Waals surface area contributed by atoms with Gasteiger partial charge in [-0.3, -0.25) is 4.79 Å². The lowest BCUT2D eigenvalue weighted by molar-refractivity contribution is -0.151. The Balaban J connectivity index is 1.98. The first kappa shape index (κ1) is 8.09. The molecule has 2 aliphatic carbocycles. The highest BCUT2D eigenvalue weighted by Gasteiger charge is 2.61. The molecule has 2 aliphatic rings. The summed E-state index contributed by atoms with van der Waals surface area (Å²) < 4.78 is 5.09. The van der Waals surface area contributed by atoms with Crippen molar-refractivity contribution in [3.05, 3.63) is 0 Å². The molecule has 0 aromatic heterocycles. The zero-order valence-electron chi connectivity index (χ0n) is 7.64. The summed E-state index contributed by atoms with van der Waals surface area (Å²) in [6.45, 7) is 2.42. The molecule has 2 atom stereocenters. The van der Waals surface area contributed by atoms with E-state index in [9.17, 15) is 4.79 Å². The third-order valence-corrected chi connectivity index (χ3v) is 3.34. The molecule has 0 saturated heterocycles. The molecule has 0 radical (unpaired) electrons. The maximum Gasteiger partial charge on any atom is 0.312 e. The minimum Gasteiger partial charge on any atom is -0.466 e. The van der Waals surface area contributed by atoms with E-state index in [0.717, 1.165) is 12.8 Å². The first-order valence-corrected chi connectivity index (χ1v) is 4.97. The van der Waals surface area contributed by atoms with E-state index in [1.54, 1.807) is 0 Å². The smallest absolute Gasteiger partial charge is 0.312 e. The van der Waals surface area contributed by atoms with E-state index in [0.29, 0.717) is 12.5 Å². The van der Waals surface area contributed by atoms with Gasteiger partial charge in [0.2, 0.25) is 0 Å². The van der Waals surface area contributed by atoms with Crippen LogP contribution in [0.1, 0.15) is 39.0 Å². The van der Waals surface area contributed by atoms with Crippen LogP contribution in [-0.4, -0.2) is 12.6 Å². The van der Waals surface area contributed by atoms with Crippen molar-refractivity contribution in [2.75, 3.05) is 6.61 Å². The summed E-state index contributed by atoms with van der Waals surface area (Å²) in [5.41, 5.74) is -0.00569. The van der Waals surface area contributed by atoms with Gasteiger partial charge in [-0.1, -0.05) is 12.8 Å². The second-order valence-electron chi connectivity index (χ2n) is 4.02. The van der Waals surface area contributed by atoms with Gasteiger partial charge in [0, 0.05) is 0 Å². The Bertz CT molecular complexity index is 200. The largest absolute Gasteiger partial charge is 0.466 e. The molecule has 2 saturated carbocycles. The molecule has 2 heteroatoms. The predicted molar refractivity (Wildman–Crippen MR) is 45.6 cm³/mol. The minimum atomic E-state index is -0.00569. The third kappa shape index (κ3) is 1.05. The molecule has 2 rings (SSSR count). The molecule has 2 fully saturated rings. The Labute approximate surface area is 73.3 Å². The minimum absolute atomic E-state index is 0.00569. The van der Waals surface area contributed by atoms with Gasteiger partial charge in [-0.05, 0) is 32.1 Å². The van der Waals surface area contributed by atoms with E-state index in [4.69, 9.17) is 4.74 Å². The average molecular weight is 168 g/mol. The van der Waals surface area contributed by atoms with Crippen molar-refractivity contribution in [2.45, 2.75) is 39.0 Å². The molecule has 0 aliphatic heterocycles. The molecule has 0 aromatic rings. The van der Waals surface area contributed by atoms with Crippen molar-refractivity contribution < 1.29 is 9.53 Å². The zero-order chi connectivity index (χ0) is 8.60. The summed E-state index contributed by atoms with van der Waals surface area (Å²) in [5.74, 6) is 0.750. The van der Waals surface area contributed by atoms with Gasteiger partial charge in [0.1, 0.15) is 0 Å². The fourth-order valence-corrected chi connectivity index (χ4v) is 2.52. The molecule has 0 spiro atoms. The van der Waals surface area contributed by atoms with Crippen LogP contribution in [0.15, 0.2) is 0 Å². The van der Waals surface area contributed by atoms with Crippen molar-refractivity contribution in [1.82, 2.24) is 0 Å². The summed E-state index contributed by atoms with van der Waals surface area (Å²) in [6, 6.07) is 0. The van der Waals surface area contributed by atoms with Crippen LogP contribution >= 0.6 is 0 Å². The molecule has 12 heavy (non-hydrogen) atoms. The summed E-state index contributed by atoms with van der Waals surface area (Å²) in [7, 11) is 0. The fourth-order valence-electron chi connectivity index (χ4n) is 2.52. The number of hydrogen-bond donors (Lipinski definition) is 0. The molecule has 0 N–H and O–H groups in total. The lowest BCUT2D eigenvalue weighted by Crippen LogP contribution is -2.23. The van der Waals surface area contributed by atoms with Crippen LogP contribution in [0.25, 0.3) is 0 Å². The van der Waals surface area contributed by atoms with E-state index in [1.165, 1.54) is 19.3 Å². The number of rotatable bonds is 2. The molecule has 0 bridgehead atoms. The normalized spacial score (nSPS) is 38.6. The summed E-state index contributed by atoms with van der Waals surface area (Å²) in [5, 5.41) is 0. The Morgan fingerprint density at radius 1 is 1.58 bits per heavy atom. The van der Waals surface area contributed by atoms with Crippen LogP contribution in [0.2, 0.25) is 0 Å². The number of carbonyl (C=O) groups excluding carboxylic acids is 1. The van der Waals surface area contributed by atoms with Crippen molar-refractivity contribution in [1.29, 1.82) is 0 Å². The quantitative estimate of drug-likeness (QED) is 0.590. The summed E-state index contributed by atoms with van der Waals surface area (Å²) in [4.78, 5) is 11.5. The van der Waals surface area contributed by atoms with Crippen LogP contribution in [0.4, 0.5) is 0 Å². The van der Waals surface area contributed by atoms with E-state index in [-0.39, 0.29) is 11.4 Å².